The van der Waals surface area contributed by atoms with Gasteiger partial charge < -0.3 is 5.73 Å². The molecule has 0 aliphatic heterocycles. The number of rotatable bonds is 3. The van der Waals surface area contributed by atoms with Gasteiger partial charge in [-0.3, -0.25) is 4.79 Å². The first-order valence-electron chi connectivity index (χ1n) is 12.9. The van der Waals surface area contributed by atoms with E-state index in [1.54, 1.807) is 6.92 Å². The second kappa shape index (κ2) is 8.60. The molecule has 0 amide bonds. The van der Waals surface area contributed by atoms with Crippen LogP contribution in [0.4, 0.5) is 0 Å². The molecule has 3 aliphatic rings. The van der Waals surface area contributed by atoms with Crippen LogP contribution in [-0.2, 0) is 6.42 Å². The highest BCUT2D eigenvalue weighted by Crippen LogP contribution is 2.61. The molecule has 0 saturated carbocycles. The van der Waals surface area contributed by atoms with E-state index >= 15 is 0 Å². The first kappa shape index (κ1) is 24.8. The highest BCUT2D eigenvalue weighted by molar-refractivity contribution is 5.96. The largest absolute Gasteiger partial charge is 0.399 e. The third-order valence-corrected chi connectivity index (χ3v) is 9.02. The molecule has 3 heteroatoms. The Balaban J connectivity index is 1.71. The van der Waals surface area contributed by atoms with Crippen LogP contribution in [0.3, 0.4) is 0 Å². The molecule has 3 atom stereocenters. The van der Waals surface area contributed by atoms with Crippen LogP contribution in [0, 0.1) is 35.5 Å². The predicted molar refractivity (Wildman–Crippen MR) is 151 cm³/mol. The smallest absolute Gasteiger partial charge is 0.159 e. The number of Topliss-reactive ketones (excluding diaryl/α,β-unsaturated/α-hetero) is 1. The van der Waals surface area contributed by atoms with Gasteiger partial charge in [0.1, 0.15) is 5.41 Å². The molecule has 0 fully saturated rings. The molecule has 0 saturated heterocycles. The Labute approximate surface area is 220 Å². The number of benzene rings is 2. The number of hydrogen-bond acceptors (Lipinski definition) is 3. The fourth-order valence-corrected chi connectivity index (χ4v) is 7.42. The molecule has 5 rings (SSSR count). The second-order valence-electron chi connectivity index (χ2n) is 11.1. The molecule has 0 spiro atoms. The van der Waals surface area contributed by atoms with Crippen LogP contribution in [0.2, 0.25) is 0 Å². The monoisotopic (exact) mass is 486 g/mol. The van der Waals surface area contributed by atoms with Crippen molar-refractivity contribution in [2.45, 2.75) is 47.0 Å². The molecule has 2 aromatic rings. The number of hydrogen-bond donors (Lipinski definition) is 1. The minimum atomic E-state index is -0.801. The van der Waals surface area contributed by atoms with Gasteiger partial charge >= 0.3 is 0 Å². The number of nitrogens with zero attached hydrogens (tertiary/aromatic N) is 1. The Morgan fingerprint density at radius 1 is 1.14 bits per heavy atom. The molecule has 2 N–H and O–H groups in total. The number of fused-ring (bicyclic) bond motifs is 3. The van der Waals surface area contributed by atoms with E-state index in [9.17, 15) is 10.1 Å². The SMILES string of the molecule is C=C(N)C1=C(C)C[C@@H]2CC3Cc4c(-c5cccc(C(C)=O)c5)ccc(C)c4C(=C)C3=C(C)[C@]2(C#N)C1=C. The summed E-state index contributed by atoms with van der Waals surface area (Å²) < 4.78 is 0. The minimum Gasteiger partial charge on any atom is -0.399 e. The van der Waals surface area contributed by atoms with Crippen molar-refractivity contribution in [3.8, 4) is 17.2 Å². The standard InChI is InChI=1S/C34H34N2O/c1-18-11-12-29(26-10-8-9-25(14-26)24(7)37)30-16-27-15-28-13-19(2)32(23(6)36)21(4)34(28,17-35)22(5)33(27)20(3)31(18)30/h8-12,14,27-28H,3-4,6,13,15-16,36H2,1-2,5,7H3/t27?,28-,34+/m1/s1. The van der Waals surface area contributed by atoms with Gasteiger partial charge in [0.2, 0.25) is 0 Å². The van der Waals surface area contributed by atoms with E-state index in [0.717, 1.165) is 63.8 Å². The van der Waals surface area contributed by atoms with Crippen molar-refractivity contribution in [2.75, 3.05) is 0 Å². The number of nitriles is 1. The van der Waals surface area contributed by atoms with Crippen molar-refractivity contribution in [1.82, 2.24) is 0 Å². The summed E-state index contributed by atoms with van der Waals surface area (Å²) in [5.74, 6) is 0.463. The maximum atomic E-state index is 12.1. The number of nitrogens with two attached hydrogens (primary N) is 1. The lowest BCUT2D eigenvalue weighted by Crippen LogP contribution is -2.44. The van der Waals surface area contributed by atoms with Crippen LogP contribution < -0.4 is 5.73 Å². The normalized spacial score (nSPS) is 24.7. The van der Waals surface area contributed by atoms with Gasteiger partial charge in [-0.15, -0.1) is 0 Å². The van der Waals surface area contributed by atoms with Crippen molar-refractivity contribution in [2.24, 2.45) is 23.0 Å². The van der Waals surface area contributed by atoms with E-state index in [4.69, 9.17) is 5.73 Å². The zero-order chi connectivity index (χ0) is 26.8. The van der Waals surface area contributed by atoms with Crippen molar-refractivity contribution in [3.63, 3.8) is 0 Å². The van der Waals surface area contributed by atoms with Gasteiger partial charge in [0.05, 0.1) is 6.07 Å². The maximum Gasteiger partial charge on any atom is 0.159 e. The first-order valence-corrected chi connectivity index (χ1v) is 12.9. The summed E-state index contributed by atoms with van der Waals surface area (Å²) in [6.07, 6.45) is 2.58. The van der Waals surface area contributed by atoms with E-state index < -0.39 is 5.41 Å². The Hall–Kier alpha value is -3.90. The van der Waals surface area contributed by atoms with Gasteiger partial charge in [-0.25, -0.2) is 0 Å². The molecule has 3 aliphatic carbocycles. The van der Waals surface area contributed by atoms with Gasteiger partial charge in [0.15, 0.2) is 5.78 Å². The third kappa shape index (κ3) is 3.43. The molecule has 0 heterocycles. The number of aryl methyl sites for hydroxylation is 1. The average Bonchev–Trinajstić information content (AvgIpc) is 2.84. The molecule has 186 valence electrons. The summed E-state index contributed by atoms with van der Waals surface area (Å²) in [6, 6.07) is 14.9. The van der Waals surface area contributed by atoms with Gasteiger partial charge in [-0.2, -0.15) is 5.26 Å². The Bertz CT molecular complexity index is 1540. The van der Waals surface area contributed by atoms with Gasteiger partial charge in [0, 0.05) is 16.8 Å². The predicted octanol–water partition coefficient (Wildman–Crippen LogP) is 7.65. The number of ketones is 1. The molecule has 3 nitrogen and oxygen atoms in total. The molecule has 2 aromatic carbocycles. The number of carbonyl (C=O) groups excluding carboxylic acids is 1. The lowest BCUT2D eigenvalue weighted by molar-refractivity contribution is 0.101. The third-order valence-electron chi connectivity index (χ3n) is 9.02. The van der Waals surface area contributed by atoms with Crippen LogP contribution in [-0.4, -0.2) is 5.78 Å². The van der Waals surface area contributed by atoms with Crippen LogP contribution >= 0.6 is 0 Å². The lowest BCUT2D eigenvalue weighted by Gasteiger charge is -2.51. The highest BCUT2D eigenvalue weighted by atomic mass is 16.1. The van der Waals surface area contributed by atoms with Crippen LogP contribution in [0.25, 0.3) is 16.7 Å². The van der Waals surface area contributed by atoms with E-state index in [1.807, 2.05) is 18.2 Å². The number of carbonyl (C=O) groups is 1. The molecule has 37 heavy (non-hydrogen) atoms. The van der Waals surface area contributed by atoms with Crippen LogP contribution in [0.1, 0.15) is 60.7 Å². The summed E-state index contributed by atoms with van der Waals surface area (Å²) in [6.45, 7) is 21.0. The fourth-order valence-electron chi connectivity index (χ4n) is 7.42. The second-order valence-corrected chi connectivity index (χ2v) is 11.1. The van der Waals surface area contributed by atoms with Crippen molar-refractivity contribution in [3.05, 3.63) is 112 Å². The molecule has 1 unspecified atom stereocenters. The maximum absolute atomic E-state index is 12.1. The number of allylic oxidation sites excluding steroid dienone is 5. The van der Waals surface area contributed by atoms with E-state index in [-0.39, 0.29) is 17.6 Å². The topological polar surface area (TPSA) is 66.9 Å². The van der Waals surface area contributed by atoms with Gasteiger partial charge in [0.25, 0.3) is 0 Å². The summed E-state index contributed by atoms with van der Waals surface area (Å²) in [4.78, 5) is 12.1. The first-order chi connectivity index (χ1) is 17.5. The quantitative estimate of drug-likeness (QED) is 0.453. The molecular weight excluding hydrogens is 452 g/mol. The molecular formula is C34H34N2O. The van der Waals surface area contributed by atoms with Crippen molar-refractivity contribution < 1.29 is 4.79 Å². The molecule has 0 aromatic heterocycles. The van der Waals surface area contributed by atoms with Gasteiger partial charge in [-0.1, -0.05) is 55.6 Å². The zero-order valence-corrected chi connectivity index (χ0v) is 22.3. The van der Waals surface area contributed by atoms with Gasteiger partial charge in [-0.05, 0) is 115 Å². The summed E-state index contributed by atoms with van der Waals surface area (Å²) in [5.41, 5.74) is 18.5. The fraction of sp³-hybridized carbons (Fsp3) is 0.294. The Morgan fingerprint density at radius 2 is 1.86 bits per heavy atom. The van der Waals surface area contributed by atoms with Crippen molar-refractivity contribution >= 4 is 11.4 Å². The highest BCUT2D eigenvalue weighted by Gasteiger charge is 2.53. The Morgan fingerprint density at radius 3 is 2.51 bits per heavy atom. The average molecular weight is 487 g/mol. The summed E-state index contributed by atoms with van der Waals surface area (Å²) >= 11 is 0. The molecule has 0 radical (unpaired) electrons. The minimum absolute atomic E-state index is 0.0636. The Kier molecular flexibility index (Phi) is 5.76. The van der Waals surface area contributed by atoms with Crippen molar-refractivity contribution in [1.29, 1.82) is 5.26 Å². The zero-order valence-electron chi connectivity index (χ0n) is 22.3. The van der Waals surface area contributed by atoms with Crippen LogP contribution in [0.15, 0.2) is 89.7 Å². The van der Waals surface area contributed by atoms with E-state index in [2.05, 4.69) is 64.8 Å². The van der Waals surface area contributed by atoms with E-state index in [0.29, 0.717) is 5.70 Å². The van der Waals surface area contributed by atoms with Crippen LogP contribution in [0.5, 0.6) is 0 Å². The van der Waals surface area contributed by atoms with E-state index in [1.165, 1.54) is 22.3 Å². The molecule has 0 bridgehead atoms. The lowest BCUT2D eigenvalue weighted by atomic mass is 9.51. The summed E-state index contributed by atoms with van der Waals surface area (Å²) in [5, 5.41) is 10.7. The summed E-state index contributed by atoms with van der Waals surface area (Å²) in [7, 11) is 0.